The summed E-state index contributed by atoms with van der Waals surface area (Å²) in [6.07, 6.45) is 5.07. The first-order chi connectivity index (χ1) is 16.9. The lowest BCUT2D eigenvalue weighted by molar-refractivity contribution is -0.111. The second kappa shape index (κ2) is 11.1. The number of nitrogens with one attached hydrogen (secondary N) is 3. The molecule has 3 aromatic carbocycles. The minimum atomic E-state index is -0.172. The van der Waals surface area contributed by atoms with Crippen molar-refractivity contribution in [2.45, 2.75) is 6.92 Å². The summed E-state index contributed by atoms with van der Waals surface area (Å²) in [5.74, 6) is 0.911. The molecule has 0 unspecified atom stereocenters. The van der Waals surface area contributed by atoms with Crippen LogP contribution in [0.1, 0.15) is 5.56 Å². The number of anilines is 5. The average molecular weight is 531 g/mol. The fraction of sp³-hybridized carbons (Fsp3) is 0.148. The molecule has 7 nitrogen and oxygen atoms in total. The van der Waals surface area contributed by atoms with E-state index in [0.29, 0.717) is 18.3 Å². The molecule has 4 aromatic rings. The Morgan fingerprint density at radius 3 is 2.57 bits per heavy atom. The highest BCUT2D eigenvalue weighted by Gasteiger charge is 2.10. The van der Waals surface area contributed by atoms with Gasteiger partial charge in [0.25, 0.3) is 0 Å². The molecule has 0 bridgehead atoms. The Labute approximate surface area is 213 Å². The van der Waals surface area contributed by atoms with E-state index < -0.39 is 0 Å². The molecular formula is C27H27BrN6O. The third-order valence-corrected chi connectivity index (χ3v) is 5.91. The van der Waals surface area contributed by atoms with Crippen LogP contribution in [0.4, 0.5) is 28.8 Å². The monoisotopic (exact) mass is 530 g/mol. The summed E-state index contributed by atoms with van der Waals surface area (Å²) in [5, 5.41) is 11.9. The quantitative estimate of drug-likeness (QED) is 0.234. The second-order valence-corrected chi connectivity index (χ2v) is 9.19. The van der Waals surface area contributed by atoms with Gasteiger partial charge in [0, 0.05) is 35.9 Å². The molecule has 0 aliphatic heterocycles. The predicted octanol–water partition coefficient (Wildman–Crippen LogP) is 6.24. The van der Waals surface area contributed by atoms with Crippen molar-refractivity contribution < 1.29 is 4.79 Å². The topological polar surface area (TPSA) is 82.2 Å². The van der Waals surface area contributed by atoms with Gasteiger partial charge in [0.2, 0.25) is 11.9 Å². The number of nitrogens with zero attached hydrogens (tertiary/aromatic N) is 3. The van der Waals surface area contributed by atoms with E-state index >= 15 is 0 Å². The first kappa shape index (κ1) is 24.4. The number of hydrogen-bond acceptors (Lipinski definition) is 6. The lowest BCUT2D eigenvalue weighted by Crippen LogP contribution is -2.13. The molecule has 0 fully saturated rings. The van der Waals surface area contributed by atoms with E-state index in [0.717, 1.165) is 32.5 Å². The minimum absolute atomic E-state index is 0.172. The van der Waals surface area contributed by atoms with Gasteiger partial charge in [0.05, 0.1) is 4.47 Å². The summed E-state index contributed by atoms with van der Waals surface area (Å²) in [6.45, 7) is 2.64. The van der Waals surface area contributed by atoms with Crippen LogP contribution in [0, 0.1) is 6.92 Å². The first-order valence-electron chi connectivity index (χ1n) is 11.2. The SMILES string of the molecule is Cc1c(NC(=O)/C=C/CN(C)C)cccc1Nc1ncc(Br)c(Nc2ccc3ccccc3c2)n1. The van der Waals surface area contributed by atoms with E-state index in [9.17, 15) is 4.79 Å². The average Bonchev–Trinajstić information content (AvgIpc) is 2.83. The van der Waals surface area contributed by atoms with Crippen molar-refractivity contribution in [1.82, 2.24) is 14.9 Å². The van der Waals surface area contributed by atoms with Gasteiger partial charge in [0.1, 0.15) is 5.82 Å². The summed E-state index contributed by atoms with van der Waals surface area (Å²) in [4.78, 5) is 23.3. The predicted molar refractivity (Wildman–Crippen MR) is 148 cm³/mol. The zero-order chi connectivity index (χ0) is 24.8. The lowest BCUT2D eigenvalue weighted by atomic mass is 10.1. The highest BCUT2D eigenvalue weighted by atomic mass is 79.9. The highest BCUT2D eigenvalue weighted by molar-refractivity contribution is 9.10. The maximum Gasteiger partial charge on any atom is 0.248 e. The number of rotatable bonds is 8. The van der Waals surface area contributed by atoms with Crippen molar-refractivity contribution in [2.75, 3.05) is 36.6 Å². The normalized spacial score (nSPS) is 11.2. The zero-order valence-corrected chi connectivity index (χ0v) is 21.4. The summed E-state index contributed by atoms with van der Waals surface area (Å²) < 4.78 is 0.749. The Morgan fingerprint density at radius 1 is 1.00 bits per heavy atom. The standard InChI is InChI=1S/C27H27BrN6O/c1-18-23(31-25(35)12-7-15-34(2)3)10-6-11-24(18)32-27-29-17-22(28)26(33-27)30-21-14-13-19-8-4-5-9-20(19)16-21/h4-14,16-17H,15H2,1-3H3,(H,31,35)(H2,29,30,32,33)/b12-7+. The molecule has 0 saturated carbocycles. The second-order valence-electron chi connectivity index (χ2n) is 8.33. The summed E-state index contributed by atoms with van der Waals surface area (Å²) in [5.41, 5.74) is 3.34. The number of carbonyl (C=O) groups excluding carboxylic acids is 1. The van der Waals surface area contributed by atoms with Crippen LogP contribution in [0.5, 0.6) is 0 Å². The molecule has 0 aliphatic rings. The zero-order valence-electron chi connectivity index (χ0n) is 19.8. The molecule has 4 rings (SSSR count). The number of halogens is 1. The molecule has 0 spiro atoms. The Balaban J connectivity index is 1.50. The Bertz CT molecular complexity index is 1390. The van der Waals surface area contributed by atoms with Gasteiger partial charge in [-0.1, -0.05) is 42.5 Å². The third-order valence-electron chi connectivity index (χ3n) is 5.33. The largest absolute Gasteiger partial charge is 0.339 e. The van der Waals surface area contributed by atoms with Gasteiger partial charge in [-0.3, -0.25) is 4.79 Å². The van der Waals surface area contributed by atoms with Crippen molar-refractivity contribution in [3.8, 4) is 0 Å². The molecule has 1 aromatic heterocycles. The van der Waals surface area contributed by atoms with Crippen molar-refractivity contribution in [2.24, 2.45) is 0 Å². The van der Waals surface area contributed by atoms with E-state index in [2.05, 4.69) is 66.1 Å². The number of amides is 1. The number of likely N-dealkylation sites (N-methyl/N-ethyl adjacent to an activating group) is 1. The molecule has 0 aliphatic carbocycles. The van der Waals surface area contributed by atoms with Crippen LogP contribution < -0.4 is 16.0 Å². The van der Waals surface area contributed by atoms with Crippen LogP contribution in [-0.4, -0.2) is 41.4 Å². The molecule has 178 valence electrons. The minimum Gasteiger partial charge on any atom is -0.339 e. The van der Waals surface area contributed by atoms with Crippen LogP contribution in [0.3, 0.4) is 0 Å². The third kappa shape index (κ3) is 6.44. The molecule has 0 atom stereocenters. The van der Waals surface area contributed by atoms with Crippen molar-refractivity contribution in [3.63, 3.8) is 0 Å². The molecule has 8 heteroatoms. The van der Waals surface area contributed by atoms with E-state index in [1.165, 1.54) is 5.39 Å². The molecule has 1 heterocycles. The molecular weight excluding hydrogens is 504 g/mol. The molecule has 3 N–H and O–H groups in total. The Kier molecular flexibility index (Phi) is 7.74. The summed E-state index contributed by atoms with van der Waals surface area (Å²) in [7, 11) is 3.91. The maximum absolute atomic E-state index is 12.3. The fourth-order valence-corrected chi connectivity index (χ4v) is 3.78. The maximum atomic E-state index is 12.3. The van der Waals surface area contributed by atoms with Crippen LogP contribution in [-0.2, 0) is 4.79 Å². The van der Waals surface area contributed by atoms with Crippen LogP contribution in [0.2, 0.25) is 0 Å². The van der Waals surface area contributed by atoms with Gasteiger partial charge in [-0.2, -0.15) is 4.98 Å². The molecule has 0 radical (unpaired) electrons. The van der Waals surface area contributed by atoms with Gasteiger partial charge in [-0.05, 0) is 77.6 Å². The van der Waals surface area contributed by atoms with Gasteiger partial charge >= 0.3 is 0 Å². The van der Waals surface area contributed by atoms with E-state index in [1.807, 2.05) is 68.4 Å². The Hall–Kier alpha value is -3.75. The fourth-order valence-electron chi connectivity index (χ4n) is 3.49. The van der Waals surface area contributed by atoms with Crippen molar-refractivity contribution in [3.05, 3.63) is 89.0 Å². The van der Waals surface area contributed by atoms with Gasteiger partial charge in [-0.25, -0.2) is 4.98 Å². The van der Waals surface area contributed by atoms with Crippen LogP contribution in [0.15, 0.2) is 83.5 Å². The van der Waals surface area contributed by atoms with Crippen molar-refractivity contribution >= 4 is 61.4 Å². The number of hydrogen-bond donors (Lipinski definition) is 3. The summed E-state index contributed by atoms with van der Waals surface area (Å²) in [6, 6.07) is 20.1. The van der Waals surface area contributed by atoms with Gasteiger partial charge < -0.3 is 20.9 Å². The smallest absolute Gasteiger partial charge is 0.248 e. The Morgan fingerprint density at radius 2 is 1.77 bits per heavy atom. The lowest BCUT2D eigenvalue weighted by Gasteiger charge is -2.14. The first-order valence-corrected chi connectivity index (χ1v) is 12.0. The molecule has 35 heavy (non-hydrogen) atoms. The number of aromatic nitrogens is 2. The van der Waals surface area contributed by atoms with Crippen molar-refractivity contribution in [1.29, 1.82) is 0 Å². The van der Waals surface area contributed by atoms with Crippen LogP contribution in [0.25, 0.3) is 10.8 Å². The summed E-state index contributed by atoms with van der Waals surface area (Å²) >= 11 is 3.53. The number of fused-ring (bicyclic) bond motifs is 1. The molecule has 1 amide bonds. The van der Waals surface area contributed by atoms with E-state index in [1.54, 1.807) is 12.3 Å². The number of carbonyl (C=O) groups is 1. The van der Waals surface area contributed by atoms with Crippen LogP contribution >= 0.6 is 15.9 Å². The molecule has 0 saturated heterocycles. The van der Waals surface area contributed by atoms with Gasteiger partial charge in [0.15, 0.2) is 0 Å². The number of benzene rings is 3. The van der Waals surface area contributed by atoms with E-state index in [4.69, 9.17) is 0 Å². The van der Waals surface area contributed by atoms with E-state index in [-0.39, 0.29) is 5.91 Å². The highest BCUT2D eigenvalue weighted by Crippen LogP contribution is 2.29. The van der Waals surface area contributed by atoms with Gasteiger partial charge in [-0.15, -0.1) is 0 Å².